The fourth-order valence-electron chi connectivity index (χ4n) is 1.50. The zero-order valence-electron chi connectivity index (χ0n) is 11.4. The molecule has 8 nitrogen and oxygen atoms in total. The van der Waals surface area contributed by atoms with E-state index >= 15 is 0 Å². The largest absolute Gasteiger partial charge is 0.459 e. The van der Waals surface area contributed by atoms with Gasteiger partial charge in [-0.25, -0.2) is 4.79 Å². The van der Waals surface area contributed by atoms with E-state index in [1.807, 2.05) is 6.07 Å². The highest BCUT2D eigenvalue weighted by Crippen LogP contribution is 2.13. The van der Waals surface area contributed by atoms with Gasteiger partial charge in [0, 0.05) is 19.2 Å². The molecule has 0 radical (unpaired) electrons. The Bertz CT molecular complexity index is 612. The first-order valence-corrected chi connectivity index (χ1v) is 6.39. The van der Waals surface area contributed by atoms with E-state index in [9.17, 15) is 9.59 Å². The average Bonchev–Trinajstić information content (AvgIpc) is 2.97. The topological polar surface area (TPSA) is 107 Å². The Balaban J connectivity index is 1.84. The van der Waals surface area contributed by atoms with E-state index < -0.39 is 11.9 Å². The van der Waals surface area contributed by atoms with Crippen LogP contribution in [0.3, 0.4) is 0 Å². The van der Waals surface area contributed by atoms with Crippen molar-refractivity contribution in [2.45, 2.75) is 13.3 Å². The smallest absolute Gasteiger partial charge is 0.396 e. The monoisotopic (exact) mass is 290 g/mol. The van der Waals surface area contributed by atoms with Crippen LogP contribution in [0.25, 0.3) is 11.6 Å². The molecule has 0 bridgehead atoms. The predicted molar refractivity (Wildman–Crippen MR) is 70.9 cm³/mol. The summed E-state index contributed by atoms with van der Waals surface area (Å²) in [5, 5.41) is 10.1. The van der Waals surface area contributed by atoms with E-state index in [0.717, 1.165) is 0 Å². The van der Waals surface area contributed by atoms with Gasteiger partial charge in [0.05, 0.1) is 6.61 Å². The third kappa shape index (κ3) is 4.10. The van der Waals surface area contributed by atoms with Crippen LogP contribution in [0.2, 0.25) is 0 Å². The lowest BCUT2D eigenvalue weighted by Gasteiger charge is -2.02. The summed E-state index contributed by atoms with van der Waals surface area (Å²) >= 11 is 0. The van der Waals surface area contributed by atoms with Gasteiger partial charge in [-0.15, -0.1) is 10.2 Å². The lowest BCUT2D eigenvalue weighted by atomic mass is 10.3. The first-order chi connectivity index (χ1) is 10.2. The Labute approximate surface area is 120 Å². The van der Waals surface area contributed by atoms with Gasteiger partial charge in [0.2, 0.25) is 5.89 Å². The maximum absolute atomic E-state index is 11.3. The molecule has 0 aromatic carbocycles. The summed E-state index contributed by atoms with van der Waals surface area (Å²) in [4.78, 5) is 26.5. The summed E-state index contributed by atoms with van der Waals surface area (Å²) in [5.41, 5.74) is 0.576. The van der Waals surface area contributed by atoms with Crippen molar-refractivity contribution in [1.82, 2.24) is 20.5 Å². The Morgan fingerprint density at radius 1 is 1.33 bits per heavy atom. The second kappa shape index (κ2) is 7.13. The SMILES string of the molecule is CCOC(=O)C(=O)NCCc1nnc(-c2ccccn2)o1. The number of rotatable bonds is 5. The van der Waals surface area contributed by atoms with Crippen molar-refractivity contribution in [2.24, 2.45) is 0 Å². The van der Waals surface area contributed by atoms with E-state index in [-0.39, 0.29) is 13.2 Å². The summed E-state index contributed by atoms with van der Waals surface area (Å²) in [7, 11) is 0. The Hall–Kier alpha value is -2.77. The second-order valence-electron chi connectivity index (χ2n) is 3.94. The van der Waals surface area contributed by atoms with Crippen LogP contribution in [-0.2, 0) is 20.7 Å². The van der Waals surface area contributed by atoms with Crippen molar-refractivity contribution in [3.8, 4) is 11.6 Å². The van der Waals surface area contributed by atoms with Crippen molar-refractivity contribution in [1.29, 1.82) is 0 Å². The van der Waals surface area contributed by atoms with Crippen molar-refractivity contribution in [2.75, 3.05) is 13.2 Å². The van der Waals surface area contributed by atoms with Crippen LogP contribution >= 0.6 is 0 Å². The molecular formula is C13H14N4O4. The quantitative estimate of drug-likeness (QED) is 0.625. The number of hydrogen-bond donors (Lipinski definition) is 1. The minimum atomic E-state index is -0.905. The van der Waals surface area contributed by atoms with Gasteiger partial charge in [-0.2, -0.15) is 0 Å². The number of pyridine rings is 1. The first kappa shape index (κ1) is 14.6. The van der Waals surface area contributed by atoms with Gasteiger partial charge in [-0.3, -0.25) is 9.78 Å². The summed E-state index contributed by atoms with van der Waals surface area (Å²) in [6.07, 6.45) is 1.93. The Morgan fingerprint density at radius 2 is 2.19 bits per heavy atom. The molecule has 2 heterocycles. The third-order valence-electron chi connectivity index (χ3n) is 2.44. The molecule has 1 N–H and O–H groups in total. The zero-order valence-corrected chi connectivity index (χ0v) is 11.4. The molecule has 0 saturated heterocycles. The molecule has 0 aliphatic carbocycles. The number of nitrogens with one attached hydrogen (secondary N) is 1. The minimum absolute atomic E-state index is 0.156. The van der Waals surface area contributed by atoms with Crippen LogP contribution in [0, 0.1) is 0 Å². The normalized spacial score (nSPS) is 10.1. The molecule has 0 aliphatic rings. The molecule has 0 aliphatic heterocycles. The number of nitrogens with zero attached hydrogens (tertiary/aromatic N) is 3. The van der Waals surface area contributed by atoms with E-state index in [4.69, 9.17) is 4.42 Å². The maximum atomic E-state index is 11.3. The average molecular weight is 290 g/mol. The molecule has 0 spiro atoms. The Morgan fingerprint density at radius 3 is 2.90 bits per heavy atom. The molecule has 1 amide bonds. The molecular weight excluding hydrogens is 276 g/mol. The number of hydrogen-bond acceptors (Lipinski definition) is 7. The first-order valence-electron chi connectivity index (χ1n) is 6.39. The molecule has 0 unspecified atom stereocenters. The number of carbonyl (C=O) groups is 2. The third-order valence-corrected chi connectivity index (χ3v) is 2.44. The van der Waals surface area contributed by atoms with Gasteiger partial charge < -0.3 is 14.5 Å². The lowest BCUT2D eigenvalue weighted by Crippen LogP contribution is -2.33. The van der Waals surface area contributed by atoms with Crippen LogP contribution in [0.1, 0.15) is 12.8 Å². The molecule has 110 valence electrons. The van der Waals surface area contributed by atoms with Gasteiger partial charge in [-0.05, 0) is 19.1 Å². The van der Waals surface area contributed by atoms with Crippen LogP contribution in [0.15, 0.2) is 28.8 Å². The highest BCUT2D eigenvalue weighted by atomic mass is 16.5. The molecule has 0 fully saturated rings. The van der Waals surface area contributed by atoms with Gasteiger partial charge in [-0.1, -0.05) is 6.07 Å². The van der Waals surface area contributed by atoms with Gasteiger partial charge in [0.25, 0.3) is 5.89 Å². The molecule has 2 rings (SSSR count). The van der Waals surface area contributed by atoms with Crippen LogP contribution in [-0.4, -0.2) is 40.2 Å². The standard InChI is InChI=1S/C13H14N4O4/c1-2-20-13(19)11(18)15-8-6-10-16-17-12(21-10)9-5-3-4-7-14-9/h3-5,7H,2,6,8H2,1H3,(H,15,18). The van der Waals surface area contributed by atoms with Crippen molar-refractivity contribution < 1.29 is 18.7 Å². The molecule has 21 heavy (non-hydrogen) atoms. The molecule has 2 aromatic heterocycles. The Kier molecular flexibility index (Phi) is 4.97. The number of esters is 1. The van der Waals surface area contributed by atoms with Crippen molar-refractivity contribution in [3.63, 3.8) is 0 Å². The second-order valence-corrected chi connectivity index (χ2v) is 3.94. The van der Waals surface area contributed by atoms with E-state index in [2.05, 4.69) is 25.2 Å². The highest BCUT2D eigenvalue weighted by Gasteiger charge is 2.14. The number of carbonyl (C=O) groups excluding carboxylic acids is 2. The summed E-state index contributed by atoms with van der Waals surface area (Å²) in [5.74, 6) is -1.04. The maximum Gasteiger partial charge on any atom is 0.396 e. The van der Waals surface area contributed by atoms with Crippen LogP contribution in [0.5, 0.6) is 0 Å². The molecule has 8 heteroatoms. The summed E-state index contributed by atoms with van der Waals surface area (Å²) in [6, 6.07) is 5.34. The van der Waals surface area contributed by atoms with Crippen molar-refractivity contribution in [3.05, 3.63) is 30.3 Å². The molecule has 2 aromatic rings. The summed E-state index contributed by atoms with van der Waals surface area (Å²) < 4.78 is 9.97. The van der Waals surface area contributed by atoms with E-state index in [1.165, 1.54) is 0 Å². The van der Waals surface area contributed by atoms with Gasteiger partial charge in [0.1, 0.15) is 5.69 Å². The predicted octanol–water partition coefficient (Wildman–Crippen LogP) is 0.353. The highest BCUT2D eigenvalue weighted by molar-refractivity contribution is 6.32. The van der Waals surface area contributed by atoms with Crippen LogP contribution < -0.4 is 5.32 Å². The summed E-state index contributed by atoms with van der Waals surface area (Å²) in [6.45, 7) is 1.98. The number of ether oxygens (including phenoxy) is 1. The van der Waals surface area contributed by atoms with E-state index in [1.54, 1.807) is 25.3 Å². The number of amides is 1. The zero-order chi connectivity index (χ0) is 15.1. The van der Waals surface area contributed by atoms with Gasteiger partial charge in [0.15, 0.2) is 0 Å². The fraction of sp³-hybridized carbons (Fsp3) is 0.308. The molecule has 0 saturated carbocycles. The van der Waals surface area contributed by atoms with E-state index in [0.29, 0.717) is 23.9 Å². The van der Waals surface area contributed by atoms with Gasteiger partial charge >= 0.3 is 11.9 Å². The molecule has 0 atom stereocenters. The minimum Gasteiger partial charge on any atom is -0.459 e. The number of aromatic nitrogens is 3. The van der Waals surface area contributed by atoms with Crippen molar-refractivity contribution >= 4 is 11.9 Å². The fourth-order valence-corrected chi connectivity index (χ4v) is 1.50. The van der Waals surface area contributed by atoms with Crippen LogP contribution in [0.4, 0.5) is 0 Å². The lowest BCUT2D eigenvalue weighted by molar-refractivity contribution is -0.154.